The van der Waals surface area contributed by atoms with Crippen LogP contribution in [0.3, 0.4) is 0 Å². The summed E-state index contributed by atoms with van der Waals surface area (Å²) in [5, 5.41) is 5.30. The van der Waals surface area contributed by atoms with Gasteiger partial charge in [0, 0.05) is 9.92 Å². The van der Waals surface area contributed by atoms with Gasteiger partial charge in [-0.05, 0) is 49.4 Å². The quantitative estimate of drug-likeness (QED) is 0.309. The molecule has 0 aliphatic rings. The summed E-state index contributed by atoms with van der Waals surface area (Å²) in [4.78, 5) is 14.7. The number of rotatable bonds is 5. The molecule has 3 aromatic carbocycles. The Kier molecular flexibility index (Phi) is 6.13. The highest BCUT2D eigenvalue weighted by molar-refractivity contribution is 7.99. The van der Waals surface area contributed by atoms with Crippen molar-refractivity contribution in [3.05, 3.63) is 100 Å². The summed E-state index contributed by atoms with van der Waals surface area (Å²) in [6, 6.07) is 24.0. The number of halogens is 2. The fourth-order valence-electron chi connectivity index (χ4n) is 2.85. The third-order valence-corrected chi connectivity index (χ3v) is 6.00. The highest BCUT2D eigenvalue weighted by Crippen LogP contribution is 2.39. The van der Waals surface area contributed by atoms with Crippen LogP contribution in [0.5, 0.6) is 5.88 Å². The third-order valence-electron chi connectivity index (χ3n) is 4.27. The Morgan fingerprint density at radius 3 is 2.30 bits per heavy atom. The van der Waals surface area contributed by atoms with E-state index in [4.69, 9.17) is 27.9 Å². The lowest BCUT2D eigenvalue weighted by Crippen LogP contribution is -2.13. The third kappa shape index (κ3) is 4.38. The van der Waals surface area contributed by atoms with Gasteiger partial charge < -0.3 is 4.74 Å². The first-order chi connectivity index (χ1) is 14.5. The number of benzene rings is 3. The van der Waals surface area contributed by atoms with Crippen LogP contribution in [0.15, 0.2) is 88.7 Å². The molecule has 4 aromatic rings. The van der Waals surface area contributed by atoms with Gasteiger partial charge in [-0.25, -0.2) is 4.79 Å². The number of aromatic nitrogens is 2. The van der Waals surface area contributed by atoms with Crippen molar-refractivity contribution in [2.45, 2.75) is 16.7 Å². The lowest BCUT2D eigenvalue weighted by Gasteiger charge is -2.11. The average molecular weight is 455 g/mol. The van der Waals surface area contributed by atoms with Gasteiger partial charge in [-0.3, -0.25) is 0 Å². The highest BCUT2D eigenvalue weighted by Gasteiger charge is 2.23. The van der Waals surface area contributed by atoms with Gasteiger partial charge in [0.15, 0.2) is 0 Å². The van der Waals surface area contributed by atoms with Crippen LogP contribution in [0.25, 0.3) is 5.69 Å². The smallest absolute Gasteiger partial charge is 0.346 e. The van der Waals surface area contributed by atoms with Crippen molar-refractivity contribution in [1.82, 2.24) is 9.78 Å². The number of esters is 1. The normalized spacial score (nSPS) is 10.8. The summed E-state index contributed by atoms with van der Waals surface area (Å²) in [6.45, 7) is 1.89. The Morgan fingerprint density at radius 2 is 1.63 bits per heavy atom. The van der Waals surface area contributed by atoms with Crippen molar-refractivity contribution in [1.29, 1.82) is 0 Å². The average Bonchev–Trinajstić information content (AvgIpc) is 3.04. The minimum absolute atomic E-state index is 0.229. The number of ether oxygens (including phenoxy) is 1. The molecule has 30 heavy (non-hydrogen) atoms. The van der Waals surface area contributed by atoms with Gasteiger partial charge >= 0.3 is 5.97 Å². The molecule has 0 saturated carbocycles. The van der Waals surface area contributed by atoms with Crippen molar-refractivity contribution < 1.29 is 9.53 Å². The van der Waals surface area contributed by atoms with Crippen LogP contribution in [0.2, 0.25) is 10.0 Å². The topological polar surface area (TPSA) is 44.1 Å². The predicted molar refractivity (Wildman–Crippen MR) is 120 cm³/mol. The van der Waals surface area contributed by atoms with Gasteiger partial charge in [0.25, 0.3) is 0 Å². The Labute approximate surface area is 188 Å². The number of para-hydroxylation sites is 1. The minimum Gasteiger partial charge on any atom is -0.402 e. The lowest BCUT2D eigenvalue weighted by atomic mass is 10.2. The lowest BCUT2D eigenvalue weighted by molar-refractivity contribution is 0.0718. The van der Waals surface area contributed by atoms with E-state index in [-0.39, 0.29) is 10.6 Å². The zero-order chi connectivity index (χ0) is 21.1. The number of nitrogens with zero attached hydrogens (tertiary/aromatic N) is 2. The summed E-state index contributed by atoms with van der Waals surface area (Å²) >= 11 is 13.6. The SMILES string of the molecule is Cc1nn(-c2ccccc2)c(OC(=O)c2ccc(Cl)cc2Cl)c1Sc1ccccc1. The molecule has 1 aromatic heterocycles. The highest BCUT2D eigenvalue weighted by atomic mass is 35.5. The molecule has 0 amide bonds. The Balaban J connectivity index is 1.78. The van der Waals surface area contributed by atoms with Gasteiger partial charge in [0.2, 0.25) is 5.88 Å². The second-order valence-electron chi connectivity index (χ2n) is 6.40. The van der Waals surface area contributed by atoms with Gasteiger partial charge in [-0.1, -0.05) is 71.4 Å². The number of carbonyl (C=O) groups excluding carboxylic acids is 1. The number of carbonyl (C=O) groups is 1. The number of hydrogen-bond donors (Lipinski definition) is 0. The molecular weight excluding hydrogens is 439 g/mol. The van der Waals surface area contributed by atoms with Crippen LogP contribution in [-0.2, 0) is 0 Å². The second kappa shape index (κ2) is 8.96. The van der Waals surface area contributed by atoms with E-state index in [9.17, 15) is 4.79 Å². The van der Waals surface area contributed by atoms with E-state index in [1.165, 1.54) is 17.8 Å². The summed E-state index contributed by atoms with van der Waals surface area (Å²) in [5.74, 6) is -0.243. The Morgan fingerprint density at radius 1 is 0.967 bits per heavy atom. The zero-order valence-electron chi connectivity index (χ0n) is 15.9. The van der Waals surface area contributed by atoms with E-state index in [1.807, 2.05) is 67.6 Å². The van der Waals surface area contributed by atoms with Gasteiger partial charge in [-0.2, -0.15) is 9.78 Å². The molecule has 1 heterocycles. The second-order valence-corrected chi connectivity index (χ2v) is 8.32. The molecule has 0 fully saturated rings. The fraction of sp³-hybridized carbons (Fsp3) is 0.0435. The van der Waals surface area contributed by atoms with Crippen molar-refractivity contribution in [2.24, 2.45) is 0 Å². The van der Waals surface area contributed by atoms with E-state index in [1.54, 1.807) is 16.8 Å². The molecule has 7 heteroatoms. The molecule has 0 atom stereocenters. The first-order valence-electron chi connectivity index (χ1n) is 9.08. The minimum atomic E-state index is -0.580. The molecule has 0 spiro atoms. The summed E-state index contributed by atoms with van der Waals surface area (Å²) < 4.78 is 7.47. The molecule has 0 saturated heterocycles. The molecule has 0 radical (unpaired) electrons. The zero-order valence-corrected chi connectivity index (χ0v) is 18.2. The van der Waals surface area contributed by atoms with Crippen LogP contribution >= 0.6 is 35.0 Å². The van der Waals surface area contributed by atoms with E-state index in [2.05, 4.69) is 5.10 Å². The summed E-state index contributed by atoms with van der Waals surface area (Å²) in [5.41, 5.74) is 1.76. The Bertz CT molecular complexity index is 1190. The first-order valence-corrected chi connectivity index (χ1v) is 10.7. The first kappa shape index (κ1) is 20.5. The van der Waals surface area contributed by atoms with Crippen molar-refractivity contribution in [3.8, 4) is 11.6 Å². The van der Waals surface area contributed by atoms with Crippen LogP contribution in [0, 0.1) is 6.92 Å². The maximum absolute atomic E-state index is 12.9. The van der Waals surface area contributed by atoms with Crippen molar-refractivity contribution in [2.75, 3.05) is 0 Å². The van der Waals surface area contributed by atoms with E-state index in [0.29, 0.717) is 10.9 Å². The molecule has 0 N–H and O–H groups in total. The maximum Gasteiger partial charge on any atom is 0.346 e. The van der Waals surface area contributed by atoms with E-state index >= 15 is 0 Å². The van der Waals surface area contributed by atoms with Gasteiger partial charge in [0.05, 0.1) is 26.9 Å². The standard InChI is InChI=1S/C23H16Cl2N2O2S/c1-15-21(30-18-10-6-3-7-11-18)22(27(26-15)17-8-4-2-5-9-17)29-23(28)19-13-12-16(24)14-20(19)25/h2-14H,1H3. The molecule has 4 nitrogen and oxygen atoms in total. The molecule has 0 aliphatic carbocycles. The molecule has 0 unspecified atom stereocenters. The molecule has 4 rings (SSSR count). The van der Waals surface area contributed by atoms with E-state index < -0.39 is 5.97 Å². The van der Waals surface area contributed by atoms with E-state index in [0.717, 1.165) is 21.2 Å². The maximum atomic E-state index is 12.9. The van der Waals surface area contributed by atoms with Gasteiger partial charge in [-0.15, -0.1) is 0 Å². The number of aryl methyl sites for hydroxylation is 1. The Hall–Kier alpha value is -2.73. The van der Waals surface area contributed by atoms with Gasteiger partial charge in [0.1, 0.15) is 0 Å². The monoisotopic (exact) mass is 454 g/mol. The van der Waals surface area contributed by atoms with Crippen LogP contribution in [0.1, 0.15) is 16.1 Å². The van der Waals surface area contributed by atoms with Crippen molar-refractivity contribution >= 4 is 40.9 Å². The predicted octanol–water partition coefficient (Wildman–Crippen LogP) is 6.86. The fourth-order valence-corrected chi connectivity index (χ4v) is 4.27. The summed E-state index contributed by atoms with van der Waals surface area (Å²) in [7, 11) is 0. The molecule has 150 valence electrons. The van der Waals surface area contributed by atoms with Crippen LogP contribution in [-0.4, -0.2) is 15.7 Å². The molecular formula is C23H16Cl2N2O2S. The number of hydrogen-bond acceptors (Lipinski definition) is 4. The largest absolute Gasteiger partial charge is 0.402 e. The van der Waals surface area contributed by atoms with Crippen molar-refractivity contribution in [3.63, 3.8) is 0 Å². The van der Waals surface area contributed by atoms with Crippen LogP contribution < -0.4 is 4.74 Å². The molecule has 0 aliphatic heterocycles. The summed E-state index contributed by atoms with van der Waals surface area (Å²) in [6.07, 6.45) is 0. The molecule has 0 bridgehead atoms. The van der Waals surface area contributed by atoms with Crippen LogP contribution in [0.4, 0.5) is 0 Å².